The lowest BCUT2D eigenvalue weighted by atomic mass is 10.1. The Bertz CT molecular complexity index is 561. The van der Waals surface area contributed by atoms with Gasteiger partial charge in [0.15, 0.2) is 0 Å². The van der Waals surface area contributed by atoms with E-state index < -0.39 is 17.5 Å². The number of carbonyl (C=O) groups excluding carboxylic acids is 1. The van der Waals surface area contributed by atoms with Gasteiger partial charge in [-0.2, -0.15) is 0 Å². The van der Waals surface area contributed by atoms with Crippen LogP contribution in [0.2, 0.25) is 10.0 Å². The summed E-state index contributed by atoms with van der Waals surface area (Å²) in [4.78, 5) is 23.1. The molecule has 2 amide bonds. The summed E-state index contributed by atoms with van der Waals surface area (Å²) in [5.74, 6) is -1.24. The molecule has 1 aromatic rings. The van der Waals surface area contributed by atoms with Crippen LogP contribution in [0.1, 0.15) is 24.2 Å². The van der Waals surface area contributed by atoms with Crippen molar-refractivity contribution in [3.8, 4) is 0 Å². The minimum absolute atomic E-state index is 0.0146. The molecule has 0 saturated carbocycles. The molecule has 0 aliphatic carbocycles. The largest absolute Gasteiger partial charge is 0.478 e. The van der Waals surface area contributed by atoms with E-state index in [0.29, 0.717) is 6.61 Å². The van der Waals surface area contributed by atoms with E-state index in [1.807, 2.05) is 0 Å². The molecule has 0 radical (unpaired) electrons. The number of hydrogen-bond donors (Lipinski definition) is 3. The molecule has 0 fully saturated rings. The zero-order valence-electron chi connectivity index (χ0n) is 11.8. The van der Waals surface area contributed by atoms with Gasteiger partial charge in [0.25, 0.3) is 0 Å². The number of anilines is 1. The second-order valence-corrected chi connectivity index (χ2v) is 5.85. The van der Waals surface area contributed by atoms with Crippen molar-refractivity contribution >= 4 is 40.9 Å². The van der Waals surface area contributed by atoms with E-state index in [9.17, 15) is 9.59 Å². The topological polar surface area (TPSA) is 87.7 Å². The highest BCUT2D eigenvalue weighted by Gasteiger charge is 2.22. The smallest absolute Gasteiger partial charge is 0.337 e. The zero-order valence-corrected chi connectivity index (χ0v) is 13.3. The summed E-state index contributed by atoms with van der Waals surface area (Å²) in [5.41, 5.74) is -0.826. The molecular formula is C13H16Cl2N2O4. The molecule has 21 heavy (non-hydrogen) atoms. The van der Waals surface area contributed by atoms with Crippen LogP contribution in [0.4, 0.5) is 10.5 Å². The van der Waals surface area contributed by atoms with Crippen LogP contribution in [0.3, 0.4) is 0 Å². The summed E-state index contributed by atoms with van der Waals surface area (Å²) < 4.78 is 4.98. The summed E-state index contributed by atoms with van der Waals surface area (Å²) in [5, 5.41) is 14.4. The van der Waals surface area contributed by atoms with Crippen molar-refractivity contribution in [1.29, 1.82) is 0 Å². The van der Waals surface area contributed by atoms with Crippen LogP contribution in [0, 0.1) is 0 Å². The normalized spacial score (nSPS) is 11.1. The lowest BCUT2D eigenvalue weighted by molar-refractivity contribution is 0.0698. The molecule has 0 unspecified atom stereocenters. The Morgan fingerprint density at radius 3 is 2.48 bits per heavy atom. The maximum atomic E-state index is 12.0. The second kappa shape index (κ2) is 6.98. The number of carbonyl (C=O) groups is 2. The van der Waals surface area contributed by atoms with Crippen LogP contribution < -0.4 is 10.6 Å². The third-order valence-corrected chi connectivity index (χ3v) is 3.00. The van der Waals surface area contributed by atoms with Gasteiger partial charge in [0.2, 0.25) is 0 Å². The molecule has 3 N–H and O–H groups in total. The van der Waals surface area contributed by atoms with Gasteiger partial charge in [0, 0.05) is 12.1 Å². The van der Waals surface area contributed by atoms with Gasteiger partial charge in [-0.05, 0) is 26.0 Å². The Balaban J connectivity index is 2.98. The van der Waals surface area contributed by atoms with Gasteiger partial charge in [0.1, 0.15) is 0 Å². The summed E-state index contributed by atoms with van der Waals surface area (Å²) in [6.45, 7) is 3.82. The molecule has 0 aliphatic rings. The SMILES string of the molecule is COCC(C)(C)NC(=O)Nc1c(Cl)cc(Cl)cc1C(=O)O. The molecule has 0 bridgehead atoms. The highest BCUT2D eigenvalue weighted by atomic mass is 35.5. The van der Waals surface area contributed by atoms with Crippen molar-refractivity contribution in [3.05, 3.63) is 27.7 Å². The van der Waals surface area contributed by atoms with E-state index in [-0.39, 0.29) is 21.3 Å². The van der Waals surface area contributed by atoms with Crippen LogP contribution in [-0.2, 0) is 4.74 Å². The molecule has 0 atom stereocenters. The third kappa shape index (κ3) is 5.08. The first-order valence-corrected chi connectivity index (χ1v) is 6.72. The van der Waals surface area contributed by atoms with Crippen LogP contribution in [-0.4, -0.2) is 36.4 Å². The van der Waals surface area contributed by atoms with Gasteiger partial charge in [-0.3, -0.25) is 0 Å². The number of carboxylic acids is 1. The van der Waals surface area contributed by atoms with E-state index >= 15 is 0 Å². The zero-order chi connectivity index (χ0) is 16.2. The van der Waals surface area contributed by atoms with Crippen LogP contribution in [0.25, 0.3) is 0 Å². The van der Waals surface area contributed by atoms with Gasteiger partial charge < -0.3 is 20.5 Å². The first-order chi connectivity index (χ1) is 9.66. The predicted molar refractivity (Wildman–Crippen MR) is 81.5 cm³/mol. The number of ether oxygens (including phenoxy) is 1. The minimum atomic E-state index is -1.24. The number of urea groups is 1. The first-order valence-electron chi connectivity index (χ1n) is 5.96. The number of amides is 2. The molecule has 8 heteroatoms. The fraction of sp³-hybridized carbons (Fsp3) is 0.385. The summed E-state index contributed by atoms with van der Waals surface area (Å²) in [7, 11) is 1.51. The van der Waals surface area contributed by atoms with E-state index in [4.69, 9.17) is 33.0 Å². The number of carboxylic acid groups (broad SMARTS) is 1. The van der Waals surface area contributed by atoms with Crippen LogP contribution in [0.5, 0.6) is 0 Å². The molecule has 0 aliphatic heterocycles. The number of hydrogen-bond acceptors (Lipinski definition) is 3. The Kier molecular flexibility index (Phi) is 5.83. The number of benzene rings is 1. The number of aromatic carboxylic acids is 1. The van der Waals surface area contributed by atoms with E-state index in [0.717, 1.165) is 0 Å². The molecule has 1 rings (SSSR count). The van der Waals surface area contributed by atoms with Crippen molar-refractivity contribution in [2.45, 2.75) is 19.4 Å². The van der Waals surface area contributed by atoms with E-state index in [1.54, 1.807) is 13.8 Å². The molecule has 0 heterocycles. The van der Waals surface area contributed by atoms with Crippen molar-refractivity contribution in [3.63, 3.8) is 0 Å². The monoisotopic (exact) mass is 334 g/mol. The number of nitrogens with one attached hydrogen (secondary N) is 2. The van der Waals surface area contributed by atoms with Crippen LogP contribution in [0.15, 0.2) is 12.1 Å². The molecule has 0 aromatic heterocycles. The van der Waals surface area contributed by atoms with Gasteiger partial charge >= 0.3 is 12.0 Å². The number of halogens is 2. The van der Waals surface area contributed by atoms with Crippen molar-refractivity contribution < 1.29 is 19.4 Å². The average molecular weight is 335 g/mol. The highest BCUT2D eigenvalue weighted by Crippen LogP contribution is 2.30. The second-order valence-electron chi connectivity index (χ2n) is 5.01. The lowest BCUT2D eigenvalue weighted by Crippen LogP contribution is -2.48. The summed E-state index contributed by atoms with van der Waals surface area (Å²) >= 11 is 11.7. The molecule has 116 valence electrons. The summed E-state index contributed by atoms with van der Waals surface area (Å²) in [6.07, 6.45) is 0. The number of methoxy groups -OCH3 is 1. The Morgan fingerprint density at radius 1 is 1.33 bits per heavy atom. The molecule has 6 nitrogen and oxygen atoms in total. The van der Waals surface area contributed by atoms with E-state index in [1.165, 1.54) is 19.2 Å². The molecule has 1 aromatic carbocycles. The van der Waals surface area contributed by atoms with Crippen LogP contribution >= 0.6 is 23.2 Å². The van der Waals surface area contributed by atoms with Gasteiger partial charge in [-0.15, -0.1) is 0 Å². The quantitative estimate of drug-likeness (QED) is 0.771. The molecule has 0 saturated heterocycles. The third-order valence-electron chi connectivity index (χ3n) is 2.48. The van der Waals surface area contributed by atoms with E-state index in [2.05, 4.69) is 10.6 Å². The maximum absolute atomic E-state index is 12.0. The Labute approximate surface area is 132 Å². The van der Waals surface area contributed by atoms with Gasteiger partial charge in [-0.25, -0.2) is 9.59 Å². The van der Waals surface area contributed by atoms with Crippen molar-refractivity contribution in [1.82, 2.24) is 5.32 Å². The fourth-order valence-corrected chi connectivity index (χ4v) is 2.26. The maximum Gasteiger partial charge on any atom is 0.337 e. The summed E-state index contributed by atoms with van der Waals surface area (Å²) in [6, 6.07) is 1.97. The predicted octanol–water partition coefficient (Wildman–Crippen LogP) is 3.24. The standard InChI is InChI=1S/C13H16Cl2N2O4/c1-13(2,6-21-3)17-12(20)16-10-8(11(18)19)4-7(14)5-9(10)15/h4-5H,6H2,1-3H3,(H,18,19)(H2,16,17,20). The Morgan fingerprint density at radius 2 is 1.95 bits per heavy atom. The van der Waals surface area contributed by atoms with Gasteiger partial charge in [-0.1, -0.05) is 23.2 Å². The highest BCUT2D eigenvalue weighted by molar-refractivity contribution is 6.37. The number of rotatable bonds is 5. The average Bonchev–Trinajstić information content (AvgIpc) is 2.30. The lowest BCUT2D eigenvalue weighted by Gasteiger charge is -2.25. The fourth-order valence-electron chi connectivity index (χ4n) is 1.72. The Hall–Kier alpha value is -1.50. The molecule has 0 spiro atoms. The first kappa shape index (κ1) is 17.6. The van der Waals surface area contributed by atoms with Crippen molar-refractivity contribution in [2.75, 3.05) is 19.0 Å². The molecular weight excluding hydrogens is 319 g/mol. The van der Waals surface area contributed by atoms with Gasteiger partial charge in [0.05, 0.1) is 28.4 Å². The van der Waals surface area contributed by atoms with Crippen molar-refractivity contribution in [2.24, 2.45) is 0 Å². The minimum Gasteiger partial charge on any atom is -0.478 e.